The van der Waals surface area contributed by atoms with Crippen molar-refractivity contribution < 1.29 is 0 Å². The highest BCUT2D eigenvalue weighted by molar-refractivity contribution is 5.91. The standard InChI is InChI=1S/C16H14N6/c1-2-7-14-13(6-1)16-19-15(20-22(16)10-17-14)11-8-18-21(9-11)12-4-3-5-12/h1-2,6-10,12H,3-5H2. The van der Waals surface area contributed by atoms with E-state index in [0.29, 0.717) is 11.9 Å². The van der Waals surface area contributed by atoms with Gasteiger partial charge in [0.05, 0.1) is 23.3 Å². The molecule has 0 amide bonds. The van der Waals surface area contributed by atoms with Gasteiger partial charge in [-0.05, 0) is 31.4 Å². The van der Waals surface area contributed by atoms with Crippen LogP contribution >= 0.6 is 0 Å². The highest BCUT2D eigenvalue weighted by Crippen LogP contribution is 2.31. The maximum Gasteiger partial charge on any atom is 0.185 e. The Balaban J connectivity index is 1.65. The zero-order chi connectivity index (χ0) is 14.5. The van der Waals surface area contributed by atoms with Gasteiger partial charge in [-0.25, -0.2) is 14.5 Å². The molecule has 108 valence electrons. The predicted octanol–water partition coefficient (Wildman–Crippen LogP) is 2.87. The second kappa shape index (κ2) is 4.37. The number of nitrogens with zero attached hydrogens (tertiary/aromatic N) is 6. The molecule has 6 nitrogen and oxygen atoms in total. The summed E-state index contributed by atoms with van der Waals surface area (Å²) >= 11 is 0. The van der Waals surface area contributed by atoms with Crippen molar-refractivity contribution in [3.8, 4) is 11.4 Å². The van der Waals surface area contributed by atoms with Gasteiger partial charge in [0.2, 0.25) is 0 Å². The Morgan fingerprint density at radius 2 is 2.05 bits per heavy atom. The van der Waals surface area contributed by atoms with Crippen LogP contribution in [0.3, 0.4) is 0 Å². The van der Waals surface area contributed by atoms with Crippen molar-refractivity contribution >= 4 is 16.6 Å². The van der Waals surface area contributed by atoms with E-state index in [-0.39, 0.29) is 0 Å². The molecule has 0 radical (unpaired) electrons. The Kier molecular flexibility index (Phi) is 2.35. The summed E-state index contributed by atoms with van der Waals surface area (Å²) < 4.78 is 3.78. The van der Waals surface area contributed by atoms with Gasteiger partial charge in [0.1, 0.15) is 6.33 Å². The minimum atomic E-state index is 0.549. The minimum Gasteiger partial charge on any atom is -0.269 e. The third-order valence-corrected chi connectivity index (χ3v) is 4.39. The number of hydrogen-bond acceptors (Lipinski definition) is 4. The first-order valence-corrected chi connectivity index (χ1v) is 7.53. The van der Waals surface area contributed by atoms with Gasteiger partial charge < -0.3 is 0 Å². The zero-order valence-electron chi connectivity index (χ0n) is 11.9. The Morgan fingerprint density at radius 1 is 1.14 bits per heavy atom. The van der Waals surface area contributed by atoms with Gasteiger partial charge >= 0.3 is 0 Å². The van der Waals surface area contributed by atoms with Crippen molar-refractivity contribution in [2.75, 3.05) is 0 Å². The molecule has 4 aromatic rings. The Morgan fingerprint density at radius 3 is 2.91 bits per heavy atom. The topological polar surface area (TPSA) is 60.9 Å². The lowest BCUT2D eigenvalue weighted by Gasteiger charge is -2.25. The average molecular weight is 290 g/mol. The normalized spacial score (nSPS) is 15.5. The SMILES string of the molecule is c1ccc2c(c1)ncn1nc(-c3cnn(C4CCC4)c3)nc21. The Hall–Kier alpha value is -2.76. The first-order chi connectivity index (χ1) is 10.9. The largest absolute Gasteiger partial charge is 0.269 e. The van der Waals surface area contributed by atoms with Gasteiger partial charge in [0.15, 0.2) is 11.5 Å². The van der Waals surface area contributed by atoms with Crippen molar-refractivity contribution in [3.05, 3.63) is 43.0 Å². The number of aromatic nitrogens is 6. The minimum absolute atomic E-state index is 0.549. The molecule has 1 saturated carbocycles. The van der Waals surface area contributed by atoms with Crippen LogP contribution in [0.5, 0.6) is 0 Å². The van der Waals surface area contributed by atoms with Crippen molar-refractivity contribution in [1.82, 2.24) is 29.4 Å². The number of rotatable bonds is 2. The van der Waals surface area contributed by atoms with E-state index in [9.17, 15) is 0 Å². The van der Waals surface area contributed by atoms with Crippen molar-refractivity contribution in [2.24, 2.45) is 0 Å². The van der Waals surface area contributed by atoms with E-state index in [1.807, 2.05) is 41.3 Å². The molecule has 0 atom stereocenters. The monoisotopic (exact) mass is 290 g/mol. The second-order valence-corrected chi connectivity index (χ2v) is 5.76. The molecule has 0 bridgehead atoms. The molecule has 22 heavy (non-hydrogen) atoms. The van der Waals surface area contributed by atoms with Crippen LogP contribution in [-0.2, 0) is 0 Å². The highest BCUT2D eigenvalue weighted by atomic mass is 15.3. The highest BCUT2D eigenvalue weighted by Gasteiger charge is 2.21. The van der Waals surface area contributed by atoms with Crippen LogP contribution in [0.15, 0.2) is 43.0 Å². The Labute approximate surface area is 126 Å². The van der Waals surface area contributed by atoms with Gasteiger partial charge in [-0.15, -0.1) is 5.10 Å². The van der Waals surface area contributed by atoms with Gasteiger partial charge in [0, 0.05) is 11.6 Å². The molecular weight excluding hydrogens is 276 g/mol. The molecule has 1 aromatic carbocycles. The fourth-order valence-electron chi connectivity index (χ4n) is 2.91. The third kappa shape index (κ3) is 1.67. The van der Waals surface area contributed by atoms with Crippen LogP contribution in [0, 0.1) is 0 Å². The number of para-hydroxylation sites is 1. The summed E-state index contributed by atoms with van der Waals surface area (Å²) in [6, 6.07) is 8.53. The fourth-order valence-corrected chi connectivity index (χ4v) is 2.91. The first-order valence-electron chi connectivity index (χ1n) is 7.53. The quantitative estimate of drug-likeness (QED) is 0.569. The Bertz CT molecular complexity index is 979. The number of fused-ring (bicyclic) bond motifs is 3. The number of benzene rings is 1. The van der Waals surface area contributed by atoms with E-state index in [4.69, 9.17) is 0 Å². The van der Waals surface area contributed by atoms with Crippen LogP contribution in [-0.4, -0.2) is 29.4 Å². The van der Waals surface area contributed by atoms with E-state index >= 15 is 0 Å². The summed E-state index contributed by atoms with van der Waals surface area (Å²) in [6.07, 6.45) is 9.34. The summed E-state index contributed by atoms with van der Waals surface area (Å²) in [5, 5.41) is 10.0. The lowest BCUT2D eigenvalue weighted by molar-refractivity contribution is 0.289. The van der Waals surface area contributed by atoms with Crippen LogP contribution < -0.4 is 0 Å². The molecule has 0 unspecified atom stereocenters. The van der Waals surface area contributed by atoms with Gasteiger partial charge in [0.25, 0.3) is 0 Å². The average Bonchev–Trinajstić information content (AvgIpc) is 3.11. The molecular formula is C16H14N6. The van der Waals surface area contributed by atoms with E-state index in [2.05, 4.69) is 20.2 Å². The molecule has 1 aliphatic rings. The van der Waals surface area contributed by atoms with Crippen LogP contribution in [0.2, 0.25) is 0 Å². The fraction of sp³-hybridized carbons (Fsp3) is 0.250. The van der Waals surface area contributed by atoms with Gasteiger partial charge in [-0.3, -0.25) is 4.68 Å². The maximum atomic E-state index is 4.69. The summed E-state index contributed by atoms with van der Waals surface area (Å²) in [5.74, 6) is 0.698. The molecule has 1 aliphatic carbocycles. The molecule has 6 heteroatoms. The summed E-state index contributed by atoms with van der Waals surface area (Å²) in [5.41, 5.74) is 2.72. The molecule has 0 N–H and O–H groups in total. The molecule has 0 aliphatic heterocycles. The lowest BCUT2D eigenvalue weighted by atomic mass is 9.93. The van der Waals surface area contributed by atoms with Crippen LogP contribution in [0.25, 0.3) is 27.9 Å². The molecule has 1 fully saturated rings. The first kappa shape index (κ1) is 11.9. The molecule has 5 rings (SSSR count). The van der Waals surface area contributed by atoms with Crippen molar-refractivity contribution in [1.29, 1.82) is 0 Å². The zero-order valence-corrected chi connectivity index (χ0v) is 11.9. The van der Waals surface area contributed by atoms with Crippen molar-refractivity contribution in [3.63, 3.8) is 0 Å². The second-order valence-electron chi connectivity index (χ2n) is 5.76. The van der Waals surface area contributed by atoms with Crippen LogP contribution in [0.1, 0.15) is 25.3 Å². The van der Waals surface area contributed by atoms with Crippen LogP contribution in [0.4, 0.5) is 0 Å². The molecule has 3 aromatic heterocycles. The van der Waals surface area contributed by atoms with Crippen molar-refractivity contribution in [2.45, 2.75) is 25.3 Å². The van der Waals surface area contributed by atoms with E-state index in [0.717, 1.165) is 22.1 Å². The van der Waals surface area contributed by atoms with E-state index in [1.165, 1.54) is 19.3 Å². The third-order valence-electron chi connectivity index (χ3n) is 4.39. The summed E-state index contributed by atoms with van der Waals surface area (Å²) in [6.45, 7) is 0. The van der Waals surface area contributed by atoms with E-state index in [1.54, 1.807) is 10.8 Å². The lowest BCUT2D eigenvalue weighted by Crippen LogP contribution is -2.16. The van der Waals surface area contributed by atoms with Gasteiger partial charge in [-0.1, -0.05) is 12.1 Å². The predicted molar refractivity (Wildman–Crippen MR) is 82.4 cm³/mol. The number of hydrogen-bond donors (Lipinski definition) is 0. The molecule has 0 saturated heterocycles. The molecule has 0 spiro atoms. The summed E-state index contributed by atoms with van der Waals surface area (Å²) in [4.78, 5) is 9.10. The summed E-state index contributed by atoms with van der Waals surface area (Å²) in [7, 11) is 0. The van der Waals surface area contributed by atoms with E-state index < -0.39 is 0 Å². The molecule has 3 heterocycles. The maximum absolute atomic E-state index is 4.69. The van der Waals surface area contributed by atoms with Gasteiger partial charge in [-0.2, -0.15) is 5.10 Å². The smallest absolute Gasteiger partial charge is 0.185 e.